The van der Waals surface area contributed by atoms with Gasteiger partial charge < -0.3 is 9.15 Å². The third-order valence-electron chi connectivity index (χ3n) is 9.05. The number of fused-ring (bicyclic) bond motifs is 4. The lowest BCUT2D eigenvalue weighted by Crippen LogP contribution is -2.53. The summed E-state index contributed by atoms with van der Waals surface area (Å²) in [6.45, 7) is 3.61. The average Bonchev–Trinajstić information content (AvgIpc) is 3.30. The second-order valence-electron chi connectivity index (χ2n) is 11.4. The summed E-state index contributed by atoms with van der Waals surface area (Å²) < 4.78 is 13.2. The van der Waals surface area contributed by atoms with Crippen LogP contribution in [0.5, 0.6) is 0 Å². The number of esters is 1. The summed E-state index contributed by atoms with van der Waals surface area (Å²) in [5, 5.41) is 0. The number of carbonyl (C=O) groups is 2. The molecular formula is C32H36N2O5. The normalized spacial score (nSPS) is 24.3. The minimum absolute atomic E-state index is 0.0225. The van der Waals surface area contributed by atoms with Gasteiger partial charge in [0.2, 0.25) is 0 Å². The van der Waals surface area contributed by atoms with E-state index in [1.165, 1.54) is 0 Å². The number of aldehydes is 1. The lowest BCUT2D eigenvalue weighted by molar-refractivity contribution is -0.167. The average molecular weight is 529 g/mol. The molecule has 1 aliphatic carbocycles. The molecule has 1 aromatic heterocycles. The molecule has 0 N–H and O–H groups in total. The van der Waals surface area contributed by atoms with Crippen LogP contribution in [-0.4, -0.2) is 47.5 Å². The van der Waals surface area contributed by atoms with E-state index in [-0.39, 0.29) is 12.1 Å². The summed E-state index contributed by atoms with van der Waals surface area (Å²) in [4.78, 5) is 39.6. The van der Waals surface area contributed by atoms with E-state index in [1.54, 1.807) is 22.8 Å². The minimum atomic E-state index is -0.572. The molecule has 1 atom stereocenters. The first-order valence-electron chi connectivity index (χ1n) is 14.3. The van der Waals surface area contributed by atoms with Crippen molar-refractivity contribution in [1.82, 2.24) is 9.47 Å². The zero-order chi connectivity index (χ0) is 26.8. The quantitative estimate of drug-likeness (QED) is 0.290. The Kier molecular flexibility index (Phi) is 7.26. The van der Waals surface area contributed by atoms with Crippen LogP contribution in [0.2, 0.25) is 0 Å². The van der Waals surface area contributed by atoms with E-state index in [4.69, 9.17) is 9.15 Å². The number of benzene rings is 2. The molecule has 1 unspecified atom stereocenters. The fraction of sp³-hybridized carbons (Fsp3) is 0.469. The molecule has 2 bridgehead atoms. The first-order chi connectivity index (χ1) is 19.1. The zero-order valence-corrected chi connectivity index (χ0v) is 22.3. The maximum atomic E-state index is 13.8. The first-order valence-corrected chi connectivity index (χ1v) is 14.3. The molecule has 4 aliphatic rings. The van der Waals surface area contributed by atoms with Crippen LogP contribution < -0.4 is 5.76 Å². The predicted octanol–water partition coefficient (Wildman–Crippen LogP) is 5.35. The van der Waals surface area contributed by atoms with E-state index in [2.05, 4.69) is 29.2 Å². The van der Waals surface area contributed by atoms with E-state index >= 15 is 0 Å². The van der Waals surface area contributed by atoms with Gasteiger partial charge in [-0.1, -0.05) is 55.7 Å². The lowest BCUT2D eigenvalue weighted by atomic mass is 9.69. The summed E-state index contributed by atoms with van der Waals surface area (Å²) in [5.74, 6) is 0.0380. The van der Waals surface area contributed by atoms with Crippen molar-refractivity contribution >= 4 is 29.4 Å². The van der Waals surface area contributed by atoms with E-state index in [0.717, 1.165) is 82.0 Å². The molecule has 0 radical (unpaired) electrons. The first kappa shape index (κ1) is 25.8. The smallest absolute Gasteiger partial charge is 0.419 e. The highest BCUT2D eigenvalue weighted by Gasteiger charge is 2.45. The van der Waals surface area contributed by atoms with Gasteiger partial charge in [-0.05, 0) is 80.4 Å². The van der Waals surface area contributed by atoms with Crippen LogP contribution in [0.15, 0.2) is 57.8 Å². The van der Waals surface area contributed by atoms with Crippen molar-refractivity contribution in [3.8, 4) is 0 Å². The third-order valence-corrected chi connectivity index (χ3v) is 9.05. The van der Waals surface area contributed by atoms with Crippen molar-refractivity contribution < 1.29 is 18.7 Å². The number of piperidine rings is 3. The van der Waals surface area contributed by atoms with Crippen molar-refractivity contribution in [2.75, 3.05) is 19.6 Å². The van der Waals surface area contributed by atoms with Crippen molar-refractivity contribution in [3.05, 3.63) is 75.8 Å². The molecule has 3 aromatic rings. The summed E-state index contributed by atoms with van der Waals surface area (Å²) in [6, 6.07) is 13.3. The van der Waals surface area contributed by atoms with Crippen LogP contribution in [0.3, 0.4) is 0 Å². The molecule has 4 heterocycles. The van der Waals surface area contributed by atoms with Gasteiger partial charge in [0, 0.05) is 18.7 Å². The van der Waals surface area contributed by atoms with Crippen LogP contribution in [0.25, 0.3) is 17.2 Å². The van der Waals surface area contributed by atoms with Gasteiger partial charge in [0.15, 0.2) is 5.58 Å². The number of nitrogens with zero attached hydrogens (tertiary/aromatic N) is 2. The molecule has 7 heteroatoms. The second-order valence-corrected chi connectivity index (χ2v) is 11.4. The maximum Gasteiger partial charge on any atom is 0.419 e. The lowest BCUT2D eigenvalue weighted by Gasteiger charge is -2.45. The predicted molar refractivity (Wildman–Crippen MR) is 150 cm³/mol. The molecule has 39 heavy (non-hydrogen) atoms. The number of oxazole rings is 1. The van der Waals surface area contributed by atoms with Crippen molar-refractivity contribution in [2.24, 2.45) is 5.92 Å². The monoisotopic (exact) mass is 528 g/mol. The number of carbonyl (C=O) groups excluding carboxylic acids is 2. The standard InChI is InChI=1S/C32H36N2O5/c35-22-24-10-11-27-28(20-24)39-31(37)34(27)16-5-2-7-23-8-6-9-26(19-23)32(14-3-1-4-15-32)30(36)38-29-21-33-17-12-25(29)13-18-33/h2,6-11,19-20,22,25,29H,1,3-5,12-18,21H2/b7-2+. The Hall–Kier alpha value is -3.45. The Balaban J connectivity index is 1.17. The summed E-state index contributed by atoms with van der Waals surface area (Å²) in [6.07, 6.45) is 12.7. The molecular weight excluding hydrogens is 492 g/mol. The number of allylic oxidation sites excluding steroid dienone is 1. The van der Waals surface area contributed by atoms with Gasteiger partial charge in [-0.25, -0.2) is 4.79 Å². The SMILES string of the molecule is O=Cc1ccc2c(c1)oc(=O)n2CC/C=C/c1cccc(C2(C(=O)OC3CN4CCC3CC4)CCCCC2)c1. The second kappa shape index (κ2) is 11.0. The Morgan fingerprint density at radius 2 is 1.87 bits per heavy atom. The van der Waals surface area contributed by atoms with Gasteiger partial charge in [0.25, 0.3) is 0 Å². The van der Waals surface area contributed by atoms with Crippen molar-refractivity contribution in [2.45, 2.75) is 69.4 Å². The summed E-state index contributed by atoms with van der Waals surface area (Å²) in [5.41, 5.74) is 3.10. The third kappa shape index (κ3) is 5.12. The maximum absolute atomic E-state index is 13.8. The highest BCUT2D eigenvalue weighted by Crippen LogP contribution is 2.42. The number of aromatic nitrogens is 1. The highest BCUT2D eigenvalue weighted by molar-refractivity contribution is 5.84. The summed E-state index contributed by atoms with van der Waals surface area (Å²) in [7, 11) is 0. The largest absolute Gasteiger partial charge is 0.460 e. The molecule has 204 valence electrons. The van der Waals surface area contributed by atoms with E-state index in [9.17, 15) is 14.4 Å². The Morgan fingerprint density at radius 1 is 1.05 bits per heavy atom. The van der Waals surface area contributed by atoms with Crippen LogP contribution in [0.1, 0.15) is 72.9 Å². The summed E-state index contributed by atoms with van der Waals surface area (Å²) >= 11 is 0. The Morgan fingerprint density at radius 3 is 2.62 bits per heavy atom. The molecule has 4 fully saturated rings. The molecule has 1 saturated carbocycles. The Bertz CT molecular complexity index is 1440. The molecule has 2 aromatic carbocycles. The number of aryl methyl sites for hydroxylation is 1. The van der Waals surface area contributed by atoms with Crippen LogP contribution >= 0.6 is 0 Å². The molecule has 7 rings (SSSR count). The molecule has 3 aliphatic heterocycles. The van der Waals surface area contributed by atoms with Crippen LogP contribution in [0.4, 0.5) is 0 Å². The number of rotatable bonds is 8. The van der Waals surface area contributed by atoms with Gasteiger partial charge in [-0.15, -0.1) is 0 Å². The van der Waals surface area contributed by atoms with Gasteiger partial charge in [0.1, 0.15) is 12.4 Å². The molecule has 0 spiro atoms. The minimum Gasteiger partial charge on any atom is -0.460 e. The molecule has 3 saturated heterocycles. The van der Waals surface area contributed by atoms with Gasteiger partial charge in [-0.3, -0.25) is 19.1 Å². The van der Waals surface area contributed by atoms with Crippen molar-refractivity contribution in [1.29, 1.82) is 0 Å². The van der Waals surface area contributed by atoms with Gasteiger partial charge in [0.05, 0.1) is 10.9 Å². The fourth-order valence-corrected chi connectivity index (χ4v) is 6.79. The van der Waals surface area contributed by atoms with E-state index in [1.807, 2.05) is 12.1 Å². The topological polar surface area (TPSA) is 81.8 Å². The zero-order valence-electron chi connectivity index (χ0n) is 22.3. The Labute approximate surface area is 228 Å². The van der Waals surface area contributed by atoms with E-state index in [0.29, 0.717) is 35.5 Å². The number of ether oxygens (including phenoxy) is 1. The fourth-order valence-electron chi connectivity index (χ4n) is 6.79. The number of hydrogen-bond acceptors (Lipinski definition) is 6. The molecule has 0 amide bonds. The van der Waals surface area contributed by atoms with Crippen LogP contribution in [-0.2, 0) is 21.5 Å². The van der Waals surface area contributed by atoms with Gasteiger partial charge in [-0.2, -0.15) is 0 Å². The van der Waals surface area contributed by atoms with Crippen molar-refractivity contribution in [3.63, 3.8) is 0 Å². The van der Waals surface area contributed by atoms with E-state index < -0.39 is 11.2 Å². The van der Waals surface area contributed by atoms with Gasteiger partial charge >= 0.3 is 11.7 Å². The number of hydrogen-bond donors (Lipinski definition) is 0. The molecule has 7 nitrogen and oxygen atoms in total. The van der Waals surface area contributed by atoms with Crippen LogP contribution in [0, 0.1) is 5.92 Å². The highest BCUT2D eigenvalue weighted by atomic mass is 16.5.